The first-order valence-electron chi connectivity index (χ1n) is 5.14. The molecule has 0 saturated heterocycles. The molecule has 0 bridgehead atoms. The summed E-state index contributed by atoms with van der Waals surface area (Å²) in [5, 5.41) is 0. The molecule has 2 aromatic carbocycles. The van der Waals surface area contributed by atoms with Crippen LogP contribution in [0.1, 0.15) is 0 Å². The summed E-state index contributed by atoms with van der Waals surface area (Å²) in [5.41, 5.74) is -0.156. The molecule has 0 unspecified atom stereocenters. The Kier molecular flexibility index (Phi) is 3.73. The van der Waals surface area contributed by atoms with E-state index in [1.54, 1.807) is 48.5 Å². The number of hydrogen-bond acceptors (Lipinski definition) is 3. The third-order valence-corrected chi connectivity index (χ3v) is 3.25. The van der Waals surface area contributed by atoms with Crippen molar-refractivity contribution in [3.63, 3.8) is 0 Å². The molecule has 0 spiro atoms. The third-order valence-electron chi connectivity index (χ3n) is 2.14. The summed E-state index contributed by atoms with van der Waals surface area (Å²) in [7, 11) is 0. The van der Waals surface area contributed by atoms with Crippen molar-refractivity contribution >= 4 is 11.8 Å². The third kappa shape index (κ3) is 3.04. The van der Waals surface area contributed by atoms with Crippen LogP contribution in [0.4, 0.5) is 0 Å². The van der Waals surface area contributed by atoms with Crippen molar-refractivity contribution in [1.82, 2.24) is 0 Å². The Morgan fingerprint density at radius 2 is 1.00 bits per heavy atom. The molecule has 0 radical (unpaired) electrons. The van der Waals surface area contributed by atoms with Gasteiger partial charge in [-0.15, -0.1) is 0 Å². The highest BCUT2D eigenvalue weighted by Gasteiger charge is 2.02. The quantitative estimate of drug-likeness (QED) is 0.811. The van der Waals surface area contributed by atoms with E-state index >= 15 is 0 Å². The molecular formula is C14H10O2S. The van der Waals surface area contributed by atoms with E-state index in [1.807, 2.05) is 0 Å². The maximum Gasteiger partial charge on any atom is 0.192 e. The summed E-state index contributed by atoms with van der Waals surface area (Å²) >= 11 is 1.20. The van der Waals surface area contributed by atoms with Crippen LogP contribution in [0, 0.1) is 0 Å². The van der Waals surface area contributed by atoms with Crippen molar-refractivity contribution < 1.29 is 0 Å². The van der Waals surface area contributed by atoms with E-state index in [1.165, 1.54) is 23.9 Å². The van der Waals surface area contributed by atoms with Gasteiger partial charge < -0.3 is 0 Å². The van der Waals surface area contributed by atoms with Gasteiger partial charge in [0.15, 0.2) is 10.9 Å². The fraction of sp³-hybridized carbons (Fsp3) is 0. The molecule has 0 N–H and O–H groups in total. The standard InChI is InChI=1S/C14H10O2S/c15-11-7-3-1-5-9-13(11)17-14-10-6-2-4-8-12(14)16/h1-10H. The zero-order valence-corrected chi connectivity index (χ0v) is 9.81. The van der Waals surface area contributed by atoms with Gasteiger partial charge in [-0.3, -0.25) is 9.59 Å². The molecule has 0 fully saturated rings. The van der Waals surface area contributed by atoms with Gasteiger partial charge in [-0.1, -0.05) is 48.2 Å². The predicted molar refractivity (Wildman–Crippen MR) is 69.5 cm³/mol. The first kappa shape index (κ1) is 11.6. The number of hydrogen-bond donors (Lipinski definition) is 0. The van der Waals surface area contributed by atoms with Crippen molar-refractivity contribution in [2.24, 2.45) is 0 Å². The monoisotopic (exact) mass is 242 g/mol. The van der Waals surface area contributed by atoms with Gasteiger partial charge in [-0.25, -0.2) is 0 Å². The van der Waals surface area contributed by atoms with Crippen molar-refractivity contribution in [2.45, 2.75) is 9.79 Å². The minimum absolute atomic E-state index is 0.0779. The predicted octanol–water partition coefficient (Wildman–Crippen LogP) is 2.56. The van der Waals surface area contributed by atoms with Gasteiger partial charge in [0.1, 0.15) is 0 Å². The summed E-state index contributed by atoms with van der Waals surface area (Å²) in [6, 6.07) is 17.0. The van der Waals surface area contributed by atoms with Crippen LogP contribution in [0.2, 0.25) is 0 Å². The summed E-state index contributed by atoms with van der Waals surface area (Å²) in [6.07, 6.45) is 0. The molecule has 17 heavy (non-hydrogen) atoms. The second-order valence-electron chi connectivity index (χ2n) is 3.38. The molecule has 0 aliphatic carbocycles. The van der Waals surface area contributed by atoms with E-state index in [4.69, 9.17) is 0 Å². The zero-order valence-electron chi connectivity index (χ0n) is 9.00. The molecule has 0 aromatic heterocycles. The maximum absolute atomic E-state index is 11.7. The first-order valence-corrected chi connectivity index (χ1v) is 5.95. The molecule has 2 rings (SSSR count). The highest BCUT2D eigenvalue weighted by Crippen LogP contribution is 2.20. The Labute approximate surface area is 103 Å². The van der Waals surface area contributed by atoms with Crippen LogP contribution in [-0.2, 0) is 0 Å². The lowest BCUT2D eigenvalue weighted by atomic mass is 10.5. The molecule has 2 aromatic rings. The van der Waals surface area contributed by atoms with E-state index in [9.17, 15) is 9.59 Å². The molecule has 2 nitrogen and oxygen atoms in total. The Bertz CT molecular complexity index is 581. The minimum atomic E-state index is -0.0779. The van der Waals surface area contributed by atoms with Gasteiger partial charge in [0.25, 0.3) is 0 Å². The Morgan fingerprint density at radius 3 is 1.47 bits per heavy atom. The van der Waals surface area contributed by atoms with Crippen molar-refractivity contribution in [3.8, 4) is 0 Å². The largest absolute Gasteiger partial charge is 0.289 e. The second kappa shape index (κ2) is 5.46. The molecule has 0 aliphatic heterocycles. The average Bonchev–Trinajstić information content (AvgIpc) is 2.63. The van der Waals surface area contributed by atoms with Crippen LogP contribution in [-0.4, -0.2) is 0 Å². The first-order chi connectivity index (χ1) is 8.27. The highest BCUT2D eigenvalue weighted by atomic mass is 32.2. The zero-order chi connectivity index (χ0) is 12.1. The van der Waals surface area contributed by atoms with Crippen LogP contribution < -0.4 is 10.9 Å². The van der Waals surface area contributed by atoms with Gasteiger partial charge in [-0.05, 0) is 24.3 Å². The lowest BCUT2D eigenvalue weighted by Gasteiger charge is -1.93. The van der Waals surface area contributed by atoms with Crippen LogP contribution in [0.5, 0.6) is 0 Å². The van der Waals surface area contributed by atoms with Gasteiger partial charge in [0.2, 0.25) is 0 Å². The Hall–Kier alpha value is -1.87. The molecule has 0 heterocycles. The summed E-state index contributed by atoms with van der Waals surface area (Å²) in [5.74, 6) is 0. The molecule has 3 heteroatoms. The number of rotatable bonds is 2. The van der Waals surface area contributed by atoms with Crippen LogP contribution in [0.25, 0.3) is 0 Å². The van der Waals surface area contributed by atoms with Crippen molar-refractivity contribution in [1.29, 1.82) is 0 Å². The van der Waals surface area contributed by atoms with E-state index in [0.29, 0.717) is 9.79 Å². The van der Waals surface area contributed by atoms with E-state index in [-0.39, 0.29) is 10.9 Å². The summed E-state index contributed by atoms with van der Waals surface area (Å²) in [4.78, 5) is 24.5. The van der Waals surface area contributed by atoms with Crippen molar-refractivity contribution in [3.05, 3.63) is 81.1 Å². The lowest BCUT2D eigenvalue weighted by molar-refractivity contribution is 1.35. The van der Waals surface area contributed by atoms with Crippen LogP contribution in [0.3, 0.4) is 0 Å². The van der Waals surface area contributed by atoms with Gasteiger partial charge in [0.05, 0.1) is 9.79 Å². The molecule has 84 valence electrons. The fourth-order valence-corrected chi connectivity index (χ4v) is 2.18. The second-order valence-corrected chi connectivity index (χ2v) is 4.46. The van der Waals surface area contributed by atoms with Gasteiger partial charge in [-0.2, -0.15) is 0 Å². The van der Waals surface area contributed by atoms with E-state index in [0.717, 1.165) is 0 Å². The normalized spacial score (nSPS) is 9.88. The minimum Gasteiger partial charge on any atom is -0.289 e. The molecule has 0 aliphatic rings. The SMILES string of the molecule is O=c1cccccc1Sc1cccccc1=O. The van der Waals surface area contributed by atoms with E-state index < -0.39 is 0 Å². The van der Waals surface area contributed by atoms with Crippen LogP contribution in [0.15, 0.2) is 80.0 Å². The maximum atomic E-state index is 11.7. The summed E-state index contributed by atoms with van der Waals surface area (Å²) < 4.78 is 0. The molecule has 0 amide bonds. The molecule has 0 saturated carbocycles. The summed E-state index contributed by atoms with van der Waals surface area (Å²) in [6.45, 7) is 0. The van der Waals surface area contributed by atoms with Gasteiger partial charge in [0, 0.05) is 0 Å². The van der Waals surface area contributed by atoms with Crippen molar-refractivity contribution in [2.75, 3.05) is 0 Å². The Morgan fingerprint density at radius 1 is 0.588 bits per heavy atom. The fourth-order valence-electron chi connectivity index (χ4n) is 1.32. The molecule has 0 atom stereocenters. The lowest BCUT2D eigenvalue weighted by Crippen LogP contribution is -2.01. The smallest absolute Gasteiger partial charge is 0.192 e. The Balaban J connectivity index is 2.47. The molecular weight excluding hydrogens is 232 g/mol. The topological polar surface area (TPSA) is 34.1 Å². The van der Waals surface area contributed by atoms with E-state index in [2.05, 4.69) is 0 Å². The highest BCUT2D eigenvalue weighted by molar-refractivity contribution is 7.99. The average molecular weight is 242 g/mol. The van der Waals surface area contributed by atoms with Gasteiger partial charge >= 0.3 is 0 Å². The van der Waals surface area contributed by atoms with Crippen LogP contribution >= 0.6 is 11.8 Å².